The van der Waals surface area contributed by atoms with Crippen LogP contribution in [0, 0.1) is 0 Å². The summed E-state index contributed by atoms with van der Waals surface area (Å²) in [5.74, 6) is 0.557. The molecule has 176 valence electrons. The molecule has 0 radical (unpaired) electrons. The van der Waals surface area contributed by atoms with E-state index in [1.54, 1.807) is 28.9 Å². The molecule has 0 atom stereocenters. The van der Waals surface area contributed by atoms with Crippen LogP contribution in [0.15, 0.2) is 34.7 Å². The predicted octanol–water partition coefficient (Wildman–Crippen LogP) is 1.25. The quantitative estimate of drug-likeness (QED) is 0.497. The largest absolute Gasteiger partial charge is 0.480 e. The molecule has 0 bridgehead atoms. The minimum absolute atomic E-state index is 0.207. The fourth-order valence-corrected chi connectivity index (χ4v) is 6.26. The number of thiophene rings is 1. The molecule has 3 aromatic heterocycles. The maximum absolute atomic E-state index is 12.8. The van der Waals surface area contributed by atoms with Crippen molar-refractivity contribution < 1.29 is 22.7 Å². The van der Waals surface area contributed by atoms with Gasteiger partial charge in [-0.05, 0) is 24.6 Å². The van der Waals surface area contributed by atoms with Gasteiger partial charge in [-0.1, -0.05) is 6.92 Å². The van der Waals surface area contributed by atoms with Gasteiger partial charge in [0.05, 0.1) is 44.3 Å². The smallest absolute Gasteiger partial charge is 0.255 e. The Hall–Kier alpha value is -2.87. The molecule has 13 heteroatoms. The molecule has 0 aromatic carbocycles. The maximum atomic E-state index is 12.8. The van der Waals surface area contributed by atoms with E-state index in [1.165, 1.54) is 17.6 Å². The number of sulfonamides is 1. The first-order valence-electron chi connectivity index (χ1n) is 10.3. The van der Waals surface area contributed by atoms with Gasteiger partial charge in [0, 0.05) is 24.0 Å². The predicted molar refractivity (Wildman–Crippen MR) is 120 cm³/mol. The molecule has 3 aromatic rings. The van der Waals surface area contributed by atoms with Gasteiger partial charge in [0.15, 0.2) is 5.82 Å². The Morgan fingerprint density at radius 1 is 1.21 bits per heavy atom. The Kier molecular flexibility index (Phi) is 7.02. The second kappa shape index (κ2) is 9.95. The normalized spacial score (nSPS) is 14.8. The third kappa shape index (κ3) is 4.90. The van der Waals surface area contributed by atoms with Crippen LogP contribution in [0.5, 0.6) is 5.88 Å². The zero-order chi connectivity index (χ0) is 23.4. The van der Waals surface area contributed by atoms with Crippen LogP contribution in [0.4, 0.5) is 0 Å². The van der Waals surface area contributed by atoms with E-state index in [2.05, 4.69) is 20.6 Å². The van der Waals surface area contributed by atoms with Crippen LogP contribution in [0.25, 0.3) is 5.82 Å². The number of nitrogens with one attached hydrogen (secondary N) is 1. The van der Waals surface area contributed by atoms with Crippen LogP contribution < -0.4 is 10.1 Å². The lowest BCUT2D eigenvalue weighted by atomic mass is 10.2. The molecule has 4 rings (SSSR count). The topological polar surface area (TPSA) is 129 Å². The standard InChI is InChI=1S/C20H24N6O5S2/c1-3-16-15(13-22-26(16)17-5-6-18(30-2)24-23-17)20(27)21-12-14-4-7-19(32-14)33(28,29)25-8-10-31-11-9-25/h4-7,13H,3,8-12H2,1-2H3,(H,21,27). The first-order chi connectivity index (χ1) is 15.9. The maximum Gasteiger partial charge on any atom is 0.255 e. The summed E-state index contributed by atoms with van der Waals surface area (Å²) in [5, 5.41) is 15.2. The number of hydrogen-bond acceptors (Lipinski definition) is 9. The zero-order valence-corrected chi connectivity index (χ0v) is 19.9. The van der Waals surface area contributed by atoms with Crippen LogP contribution in [0.1, 0.15) is 27.9 Å². The number of nitrogens with zero attached hydrogens (tertiary/aromatic N) is 5. The van der Waals surface area contributed by atoms with E-state index in [4.69, 9.17) is 9.47 Å². The summed E-state index contributed by atoms with van der Waals surface area (Å²) in [7, 11) is -2.04. The summed E-state index contributed by atoms with van der Waals surface area (Å²) >= 11 is 1.15. The van der Waals surface area contributed by atoms with Gasteiger partial charge in [0.25, 0.3) is 15.9 Å². The molecule has 0 saturated carbocycles. The minimum atomic E-state index is -3.55. The Bertz CT molecular complexity index is 1220. The number of methoxy groups -OCH3 is 1. The highest BCUT2D eigenvalue weighted by atomic mass is 32.2. The molecule has 0 spiro atoms. The second-order valence-electron chi connectivity index (χ2n) is 7.12. The second-order valence-corrected chi connectivity index (χ2v) is 10.5. The molecule has 4 heterocycles. The number of aromatic nitrogens is 4. The number of carbonyl (C=O) groups is 1. The van der Waals surface area contributed by atoms with Gasteiger partial charge in [0.2, 0.25) is 5.88 Å². The Labute approximate surface area is 195 Å². The molecule has 0 unspecified atom stereocenters. The highest BCUT2D eigenvalue weighted by Gasteiger charge is 2.28. The lowest BCUT2D eigenvalue weighted by molar-refractivity contribution is 0.0731. The van der Waals surface area contributed by atoms with Crippen LogP contribution >= 0.6 is 11.3 Å². The van der Waals surface area contributed by atoms with Crippen LogP contribution in [0.2, 0.25) is 0 Å². The molecule has 11 nitrogen and oxygen atoms in total. The van der Waals surface area contributed by atoms with E-state index < -0.39 is 10.0 Å². The third-order valence-corrected chi connectivity index (χ3v) is 8.58. The zero-order valence-electron chi connectivity index (χ0n) is 18.2. The summed E-state index contributed by atoms with van der Waals surface area (Å²) in [4.78, 5) is 13.6. The minimum Gasteiger partial charge on any atom is -0.480 e. The van der Waals surface area contributed by atoms with Crippen LogP contribution in [-0.2, 0) is 27.7 Å². The number of rotatable bonds is 8. The lowest BCUT2D eigenvalue weighted by Crippen LogP contribution is -2.40. The monoisotopic (exact) mass is 492 g/mol. The molecule has 1 N–H and O–H groups in total. The van der Waals surface area contributed by atoms with Crippen LogP contribution in [0.3, 0.4) is 0 Å². The Morgan fingerprint density at radius 3 is 2.67 bits per heavy atom. The first-order valence-corrected chi connectivity index (χ1v) is 12.6. The molecule has 1 aliphatic heterocycles. The van der Waals surface area contributed by atoms with E-state index in [-0.39, 0.29) is 16.7 Å². The molecule has 1 fully saturated rings. The van der Waals surface area contributed by atoms with E-state index in [1.807, 2.05) is 6.92 Å². The highest BCUT2D eigenvalue weighted by molar-refractivity contribution is 7.91. The van der Waals surface area contributed by atoms with Crippen molar-refractivity contribution in [2.75, 3.05) is 33.4 Å². The SMILES string of the molecule is CCc1c(C(=O)NCc2ccc(S(=O)(=O)N3CCOCC3)s2)cnn1-c1ccc(OC)nn1. The van der Waals surface area contributed by atoms with Gasteiger partial charge in [-0.15, -0.1) is 21.5 Å². The van der Waals surface area contributed by atoms with Crippen molar-refractivity contribution in [1.29, 1.82) is 0 Å². The van der Waals surface area contributed by atoms with Gasteiger partial charge >= 0.3 is 0 Å². The highest BCUT2D eigenvalue weighted by Crippen LogP contribution is 2.25. The fourth-order valence-electron chi connectivity index (χ4n) is 3.40. The van der Waals surface area contributed by atoms with Crippen molar-refractivity contribution in [1.82, 2.24) is 29.6 Å². The van der Waals surface area contributed by atoms with Crippen LogP contribution in [-0.4, -0.2) is 72.0 Å². The summed E-state index contributed by atoms with van der Waals surface area (Å²) in [6.45, 7) is 3.59. The Balaban J connectivity index is 1.45. The fraction of sp³-hybridized carbons (Fsp3) is 0.400. The van der Waals surface area contributed by atoms with Crippen molar-refractivity contribution in [3.8, 4) is 11.7 Å². The number of ether oxygens (including phenoxy) is 2. The first kappa shape index (κ1) is 23.3. The lowest BCUT2D eigenvalue weighted by Gasteiger charge is -2.25. The average molecular weight is 493 g/mol. The molecule has 1 aliphatic rings. The number of morpholine rings is 1. The molecule has 1 amide bonds. The molecular formula is C20H24N6O5S2. The number of hydrogen-bond donors (Lipinski definition) is 1. The molecule has 33 heavy (non-hydrogen) atoms. The van der Waals surface area contributed by atoms with E-state index >= 15 is 0 Å². The molecule has 1 saturated heterocycles. The third-order valence-electron chi connectivity index (χ3n) is 5.12. The van der Waals surface area contributed by atoms with Gasteiger partial charge in [-0.25, -0.2) is 13.1 Å². The summed E-state index contributed by atoms with van der Waals surface area (Å²) in [5.41, 5.74) is 1.11. The Morgan fingerprint density at radius 2 is 2.00 bits per heavy atom. The number of amides is 1. The van der Waals surface area contributed by atoms with Crippen molar-refractivity contribution in [3.63, 3.8) is 0 Å². The number of carbonyl (C=O) groups excluding carboxylic acids is 1. The summed E-state index contributed by atoms with van der Waals surface area (Å²) in [6, 6.07) is 6.68. The molecule has 0 aliphatic carbocycles. The van der Waals surface area contributed by atoms with Crippen molar-refractivity contribution in [2.45, 2.75) is 24.1 Å². The van der Waals surface area contributed by atoms with Crippen molar-refractivity contribution >= 4 is 27.3 Å². The van der Waals surface area contributed by atoms with Gasteiger partial charge in [-0.2, -0.15) is 9.40 Å². The van der Waals surface area contributed by atoms with E-state index in [0.29, 0.717) is 55.7 Å². The summed E-state index contributed by atoms with van der Waals surface area (Å²) in [6.07, 6.45) is 2.04. The van der Waals surface area contributed by atoms with Gasteiger partial charge in [0.1, 0.15) is 4.21 Å². The van der Waals surface area contributed by atoms with E-state index in [9.17, 15) is 13.2 Å². The van der Waals surface area contributed by atoms with Gasteiger partial charge in [-0.3, -0.25) is 4.79 Å². The van der Waals surface area contributed by atoms with E-state index in [0.717, 1.165) is 16.2 Å². The van der Waals surface area contributed by atoms with Crippen molar-refractivity contribution in [3.05, 3.63) is 46.6 Å². The van der Waals surface area contributed by atoms with Gasteiger partial charge < -0.3 is 14.8 Å². The molecular weight excluding hydrogens is 468 g/mol. The summed E-state index contributed by atoms with van der Waals surface area (Å²) < 4.78 is 39.1. The van der Waals surface area contributed by atoms with Crippen molar-refractivity contribution in [2.24, 2.45) is 0 Å². The average Bonchev–Trinajstić information content (AvgIpc) is 3.51.